The summed E-state index contributed by atoms with van der Waals surface area (Å²) in [5, 5.41) is 0. The zero-order valence-electron chi connectivity index (χ0n) is 17.7. The largest absolute Gasteiger partial charge is 0.494 e. The van der Waals surface area contributed by atoms with E-state index in [-0.39, 0.29) is 42.1 Å². The first-order valence-corrected chi connectivity index (χ1v) is 10.4. The molecule has 2 atom stereocenters. The van der Waals surface area contributed by atoms with Crippen molar-refractivity contribution in [3.05, 3.63) is 58.9 Å². The second-order valence-electron chi connectivity index (χ2n) is 7.71. The van der Waals surface area contributed by atoms with Crippen molar-refractivity contribution in [1.29, 1.82) is 0 Å². The Bertz CT molecular complexity index is 875. The van der Waals surface area contributed by atoms with Crippen molar-refractivity contribution in [2.75, 3.05) is 19.8 Å². The summed E-state index contributed by atoms with van der Waals surface area (Å²) in [5.41, 5.74) is 0.225. The van der Waals surface area contributed by atoms with Crippen molar-refractivity contribution in [3.63, 3.8) is 0 Å². The van der Waals surface area contributed by atoms with E-state index in [1.165, 1.54) is 19.1 Å². The molecule has 31 heavy (non-hydrogen) atoms. The number of carbonyl (C=O) groups excluding carboxylic acids is 1. The molecule has 0 radical (unpaired) electrons. The Hall–Kier alpha value is -2.54. The number of alkyl halides is 2. The average molecular weight is 436 g/mol. The number of rotatable bonds is 9. The van der Waals surface area contributed by atoms with E-state index >= 15 is 0 Å². The molecule has 1 aliphatic rings. The van der Waals surface area contributed by atoms with Gasteiger partial charge in [0.05, 0.1) is 31.5 Å². The maximum absolute atomic E-state index is 14.5. The van der Waals surface area contributed by atoms with Gasteiger partial charge < -0.3 is 14.2 Å². The Morgan fingerprint density at radius 3 is 2.45 bits per heavy atom. The number of hydrogen-bond donors (Lipinski definition) is 0. The number of ketones is 1. The predicted molar refractivity (Wildman–Crippen MR) is 110 cm³/mol. The molecule has 2 aromatic rings. The molecule has 0 N–H and O–H groups in total. The molecule has 4 nitrogen and oxygen atoms in total. The van der Waals surface area contributed by atoms with Crippen LogP contribution >= 0.6 is 0 Å². The molecule has 2 aromatic carbocycles. The summed E-state index contributed by atoms with van der Waals surface area (Å²) in [6.07, 6.45) is -1.72. The molecule has 0 bridgehead atoms. The molecular weight excluding hydrogens is 409 g/mol. The standard InChI is InChI=1S/C24H27F3O4/c1-3-29-19-8-5-17(6-9-19)20-10-4-16(13-30-20)14-31-21-11-7-18(12-15(2)28)23(25)22(21)24(26)27/h5-9,11,16,20,24H,3-4,10,12-14H2,1-2H3. The normalized spacial score (nSPS) is 18.8. The maximum atomic E-state index is 14.5. The highest BCUT2D eigenvalue weighted by atomic mass is 19.3. The van der Waals surface area contributed by atoms with Crippen LogP contribution in [0.4, 0.5) is 13.2 Å². The van der Waals surface area contributed by atoms with Crippen LogP contribution in [0.25, 0.3) is 0 Å². The van der Waals surface area contributed by atoms with Gasteiger partial charge in [0, 0.05) is 12.3 Å². The first-order valence-electron chi connectivity index (χ1n) is 10.4. The summed E-state index contributed by atoms with van der Waals surface area (Å²) >= 11 is 0. The quantitative estimate of drug-likeness (QED) is 0.495. The Labute approximate surface area is 180 Å². The minimum atomic E-state index is -3.03. The van der Waals surface area contributed by atoms with E-state index in [0.717, 1.165) is 24.2 Å². The number of benzene rings is 2. The van der Waals surface area contributed by atoms with Gasteiger partial charge in [-0.15, -0.1) is 0 Å². The molecule has 2 unspecified atom stereocenters. The van der Waals surface area contributed by atoms with Crippen molar-refractivity contribution in [3.8, 4) is 11.5 Å². The highest BCUT2D eigenvalue weighted by Gasteiger charge is 2.26. The third-order valence-corrected chi connectivity index (χ3v) is 5.29. The molecule has 7 heteroatoms. The van der Waals surface area contributed by atoms with Crippen LogP contribution in [0, 0.1) is 11.7 Å². The average Bonchev–Trinajstić information content (AvgIpc) is 2.74. The van der Waals surface area contributed by atoms with E-state index in [1.54, 1.807) is 0 Å². The molecule has 0 spiro atoms. The summed E-state index contributed by atoms with van der Waals surface area (Å²) in [6, 6.07) is 10.4. The monoisotopic (exact) mass is 436 g/mol. The topological polar surface area (TPSA) is 44.8 Å². The van der Waals surface area contributed by atoms with Crippen molar-refractivity contribution >= 4 is 5.78 Å². The molecule has 1 saturated heterocycles. The highest BCUT2D eigenvalue weighted by molar-refractivity contribution is 5.78. The number of hydrogen-bond acceptors (Lipinski definition) is 4. The number of halogens is 3. The lowest BCUT2D eigenvalue weighted by Gasteiger charge is -2.29. The van der Waals surface area contributed by atoms with Gasteiger partial charge in [-0.1, -0.05) is 18.2 Å². The number of Topliss-reactive ketones (excluding diaryl/α,β-unsaturated/α-hetero) is 1. The van der Waals surface area contributed by atoms with E-state index in [1.807, 2.05) is 31.2 Å². The molecule has 0 aliphatic carbocycles. The van der Waals surface area contributed by atoms with E-state index in [4.69, 9.17) is 14.2 Å². The molecule has 0 amide bonds. The summed E-state index contributed by atoms with van der Waals surface area (Å²) < 4.78 is 58.3. The molecule has 168 valence electrons. The minimum absolute atomic E-state index is 0.0180. The van der Waals surface area contributed by atoms with Crippen molar-refractivity contribution in [2.45, 2.75) is 45.6 Å². The third-order valence-electron chi connectivity index (χ3n) is 5.29. The minimum Gasteiger partial charge on any atom is -0.494 e. The van der Waals surface area contributed by atoms with Crippen LogP contribution in [-0.4, -0.2) is 25.6 Å². The predicted octanol–water partition coefficient (Wildman–Crippen LogP) is 5.84. The summed E-state index contributed by atoms with van der Waals surface area (Å²) in [4.78, 5) is 11.2. The molecule has 1 fully saturated rings. The second-order valence-corrected chi connectivity index (χ2v) is 7.71. The van der Waals surface area contributed by atoms with Gasteiger partial charge in [0.1, 0.15) is 23.1 Å². The van der Waals surface area contributed by atoms with Crippen LogP contribution in [0.2, 0.25) is 0 Å². The number of carbonyl (C=O) groups is 1. The Kier molecular flexibility index (Phi) is 7.96. The van der Waals surface area contributed by atoms with Crippen LogP contribution in [0.5, 0.6) is 11.5 Å². The lowest BCUT2D eigenvalue weighted by Crippen LogP contribution is -2.25. The molecule has 1 aliphatic heterocycles. The Morgan fingerprint density at radius 1 is 1.13 bits per heavy atom. The molecule has 1 heterocycles. The van der Waals surface area contributed by atoms with Crippen molar-refractivity contribution in [2.24, 2.45) is 5.92 Å². The summed E-state index contributed by atoms with van der Waals surface area (Å²) in [7, 11) is 0. The van der Waals surface area contributed by atoms with Gasteiger partial charge in [-0.25, -0.2) is 13.2 Å². The first kappa shape index (κ1) is 23.1. The van der Waals surface area contributed by atoms with Gasteiger partial charge >= 0.3 is 0 Å². The fourth-order valence-electron chi connectivity index (χ4n) is 3.71. The van der Waals surface area contributed by atoms with Gasteiger partial charge in [0.25, 0.3) is 6.43 Å². The van der Waals surface area contributed by atoms with E-state index < -0.39 is 17.8 Å². The molecular formula is C24H27F3O4. The maximum Gasteiger partial charge on any atom is 0.270 e. The SMILES string of the molecule is CCOc1ccc(C2CCC(COc3ccc(CC(C)=O)c(F)c3C(F)F)CO2)cc1. The molecule has 3 rings (SSSR count). The lowest BCUT2D eigenvalue weighted by atomic mass is 9.95. The van der Waals surface area contributed by atoms with E-state index in [2.05, 4.69) is 0 Å². The third kappa shape index (κ3) is 6.00. The van der Waals surface area contributed by atoms with Crippen LogP contribution < -0.4 is 9.47 Å². The van der Waals surface area contributed by atoms with Crippen LogP contribution in [0.15, 0.2) is 36.4 Å². The Morgan fingerprint density at radius 2 is 1.87 bits per heavy atom. The molecule has 0 saturated carbocycles. The van der Waals surface area contributed by atoms with Crippen LogP contribution in [-0.2, 0) is 16.0 Å². The van der Waals surface area contributed by atoms with Crippen LogP contribution in [0.1, 0.15) is 55.9 Å². The van der Waals surface area contributed by atoms with Crippen LogP contribution in [0.3, 0.4) is 0 Å². The zero-order valence-corrected chi connectivity index (χ0v) is 17.7. The van der Waals surface area contributed by atoms with Gasteiger partial charge in [-0.05, 0) is 56.0 Å². The van der Waals surface area contributed by atoms with Crippen molar-refractivity contribution < 1.29 is 32.2 Å². The van der Waals surface area contributed by atoms with Gasteiger partial charge in [-0.2, -0.15) is 0 Å². The summed E-state index contributed by atoms with van der Waals surface area (Å²) in [6.45, 7) is 4.40. The fraction of sp³-hybridized carbons (Fsp3) is 0.458. The van der Waals surface area contributed by atoms with Crippen molar-refractivity contribution in [1.82, 2.24) is 0 Å². The zero-order chi connectivity index (χ0) is 22.4. The summed E-state index contributed by atoms with van der Waals surface area (Å²) in [5.74, 6) is -0.727. The van der Waals surface area contributed by atoms with Gasteiger partial charge in [0.15, 0.2) is 0 Å². The first-order chi connectivity index (χ1) is 14.9. The van der Waals surface area contributed by atoms with E-state index in [9.17, 15) is 18.0 Å². The highest BCUT2D eigenvalue weighted by Crippen LogP contribution is 2.35. The fourth-order valence-corrected chi connectivity index (χ4v) is 3.71. The van der Waals surface area contributed by atoms with Gasteiger partial charge in [0.2, 0.25) is 0 Å². The van der Waals surface area contributed by atoms with E-state index in [0.29, 0.717) is 13.2 Å². The Balaban J connectivity index is 1.58. The smallest absolute Gasteiger partial charge is 0.270 e. The second kappa shape index (κ2) is 10.7. The van der Waals surface area contributed by atoms with Gasteiger partial charge in [-0.3, -0.25) is 4.79 Å². The lowest BCUT2D eigenvalue weighted by molar-refractivity contribution is -0.116. The molecule has 0 aromatic heterocycles. The number of ether oxygens (including phenoxy) is 3.